The van der Waals surface area contributed by atoms with Crippen LogP contribution < -0.4 is 10.6 Å². The fourth-order valence-corrected chi connectivity index (χ4v) is 5.07. The highest BCUT2D eigenvalue weighted by atomic mass is 31.2. The number of benzene rings is 2. The summed E-state index contributed by atoms with van der Waals surface area (Å²) in [6, 6.07) is 19.4. The van der Waals surface area contributed by atoms with Crippen molar-refractivity contribution in [3.05, 3.63) is 60.7 Å². The van der Waals surface area contributed by atoms with Crippen LogP contribution in [0, 0.1) is 0 Å². The normalized spacial score (nSPS) is 18.3. The molecule has 0 aliphatic carbocycles. The molecule has 0 aromatic heterocycles. The molecule has 18 heavy (non-hydrogen) atoms. The summed E-state index contributed by atoms with van der Waals surface area (Å²) in [4.78, 5) is 4.33. The van der Waals surface area contributed by atoms with Crippen molar-refractivity contribution in [2.75, 3.05) is 0 Å². The summed E-state index contributed by atoms with van der Waals surface area (Å²) in [6.07, 6.45) is 0. The standard InChI is InChI=1S/C15H14NOP/c1-12-15(16-12)18(17,13-8-4-2-5-9-13)14-10-6-3-7-11-14/h2-12H,1H3. The Morgan fingerprint density at radius 1 is 0.889 bits per heavy atom. The van der Waals surface area contributed by atoms with Gasteiger partial charge in [-0.25, -0.2) is 0 Å². The van der Waals surface area contributed by atoms with E-state index in [2.05, 4.69) is 4.99 Å². The summed E-state index contributed by atoms with van der Waals surface area (Å²) < 4.78 is 13.5. The topological polar surface area (TPSA) is 29.4 Å². The van der Waals surface area contributed by atoms with Crippen molar-refractivity contribution in [1.82, 2.24) is 0 Å². The van der Waals surface area contributed by atoms with Crippen molar-refractivity contribution >= 4 is 23.2 Å². The van der Waals surface area contributed by atoms with Crippen LogP contribution in [0.4, 0.5) is 0 Å². The summed E-state index contributed by atoms with van der Waals surface area (Å²) in [5.74, 6) is 0. The zero-order valence-corrected chi connectivity index (χ0v) is 11.0. The lowest BCUT2D eigenvalue weighted by Crippen LogP contribution is -2.20. The molecular weight excluding hydrogens is 241 g/mol. The molecule has 0 spiro atoms. The maximum atomic E-state index is 13.5. The van der Waals surface area contributed by atoms with Gasteiger partial charge in [-0.2, -0.15) is 0 Å². The van der Waals surface area contributed by atoms with Gasteiger partial charge in [0.25, 0.3) is 0 Å². The quantitative estimate of drug-likeness (QED) is 0.775. The van der Waals surface area contributed by atoms with E-state index in [4.69, 9.17) is 0 Å². The molecule has 0 saturated heterocycles. The molecule has 2 nitrogen and oxygen atoms in total. The van der Waals surface area contributed by atoms with Crippen LogP contribution in [0.5, 0.6) is 0 Å². The second kappa shape index (κ2) is 4.22. The van der Waals surface area contributed by atoms with Crippen LogP contribution in [0.3, 0.4) is 0 Å². The summed E-state index contributed by atoms with van der Waals surface area (Å²) >= 11 is 0. The van der Waals surface area contributed by atoms with Gasteiger partial charge in [-0.05, 0) is 6.92 Å². The van der Waals surface area contributed by atoms with Gasteiger partial charge in [-0.3, -0.25) is 4.99 Å². The Labute approximate surface area is 107 Å². The first-order valence-electron chi connectivity index (χ1n) is 6.02. The molecule has 0 saturated carbocycles. The second-order valence-corrected chi connectivity index (χ2v) is 7.15. The van der Waals surface area contributed by atoms with Crippen molar-refractivity contribution in [3.8, 4) is 0 Å². The molecule has 0 fully saturated rings. The van der Waals surface area contributed by atoms with E-state index in [9.17, 15) is 4.57 Å². The fraction of sp³-hybridized carbons (Fsp3) is 0.133. The molecule has 2 aromatic carbocycles. The number of rotatable bonds is 3. The lowest BCUT2D eigenvalue weighted by molar-refractivity contribution is 0.594. The van der Waals surface area contributed by atoms with Crippen LogP contribution in [0.15, 0.2) is 65.7 Å². The van der Waals surface area contributed by atoms with Crippen LogP contribution in [-0.2, 0) is 4.57 Å². The molecule has 0 amide bonds. The molecule has 90 valence electrons. The monoisotopic (exact) mass is 255 g/mol. The van der Waals surface area contributed by atoms with Crippen LogP contribution >= 0.6 is 7.14 Å². The SMILES string of the molecule is CC1N=C1P(=O)(c1ccccc1)c1ccccc1. The first-order chi connectivity index (χ1) is 8.73. The Balaban J connectivity index is 2.18. The highest BCUT2D eigenvalue weighted by Gasteiger charge is 2.42. The van der Waals surface area contributed by atoms with Gasteiger partial charge >= 0.3 is 0 Å². The minimum absolute atomic E-state index is 0.122. The van der Waals surface area contributed by atoms with Crippen LogP contribution in [-0.4, -0.2) is 11.5 Å². The van der Waals surface area contributed by atoms with Crippen LogP contribution in [0.1, 0.15) is 6.92 Å². The predicted molar refractivity (Wildman–Crippen MR) is 76.7 cm³/mol. The molecule has 2 aromatic rings. The van der Waals surface area contributed by atoms with E-state index in [1.165, 1.54) is 0 Å². The minimum Gasteiger partial charge on any atom is -0.307 e. The third kappa shape index (κ3) is 1.74. The predicted octanol–water partition coefficient (Wildman–Crippen LogP) is 2.80. The van der Waals surface area contributed by atoms with E-state index in [-0.39, 0.29) is 6.04 Å². The maximum Gasteiger partial charge on any atom is 0.186 e. The smallest absolute Gasteiger partial charge is 0.186 e. The number of hydrogen-bond donors (Lipinski definition) is 0. The van der Waals surface area contributed by atoms with E-state index >= 15 is 0 Å². The second-order valence-electron chi connectivity index (χ2n) is 4.44. The largest absolute Gasteiger partial charge is 0.307 e. The van der Waals surface area contributed by atoms with Crippen molar-refractivity contribution < 1.29 is 4.57 Å². The molecule has 0 bridgehead atoms. The zero-order chi connectivity index (χ0) is 12.6. The molecule has 1 aliphatic rings. The average Bonchev–Trinajstić information content (AvgIpc) is 3.17. The van der Waals surface area contributed by atoms with Gasteiger partial charge in [0.1, 0.15) is 5.45 Å². The van der Waals surface area contributed by atoms with E-state index in [1.807, 2.05) is 67.6 Å². The molecule has 0 radical (unpaired) electrons. The van der Waals surface area contributed by atoms with Crippen molar-refractivity contribution in [2.24, 2.45) is 4.99 Å². The first kappa shape index (κ1) is 11.4. The Bertz CT molecular complexity index is 591. The zero-order valence-electron chi connectivity index (χ0n) is 10.2. The van der Waals surface area contributed by atoms with Crippen molar-refractivity contribution in [2.45, 2.75) is 13.0 Å². The molecule has 1 unspecified atom stereocenters. The average molecular weight is 255 g/mol. The first-order valence-corrected chi connectivity index (χ1v) is 7.73. The van der Waals surface area contributed by atoms with Gasteiger partial charge in [-0.15, -0.1) is 0 Å². The van der Waals surface area contributed by atoms with Gasteiger partial charge in [0.2, 0.25) is 0 Å². The number of aliphatic imine (C=N–C) groups is 1. The Morgan fingerprint density at radius 2 is 1.28 bits per heavy atom. The Morgan fingerprint density at radius 3 is 1.61 bits per heavy atom. The highest BCUT2D eigenvalue weighted by Crippen LogP contribution is 2.51. The Kier molecular flexibility index (Phi) is 2.68. The fourth-order valence-electron chi connectivity index (χ4n) is 2.20. The van der Waals surface area contributed by atoms with Gasteiger partial charge in [0, 0.05) is 10.6 Å². The van der Waals surface area contributed by atoms with Gasteiger partial charge in [0.15, 0.2) is 7.14 Å². The lowest BCUT2D eigenvalue weighted by Gasteiger charge is -2.15. The summed E-state index contributed by atoms with van der Waals surface area (Å²) in [6.45, 7) is 1.99. The van der Waals surface area contributed by atoms with Gasteiger partial charge in [0.05, 0.1) is 6.04 Å². The van der Waals surface area contributed by atoms with Crippen molar-refractivity contribution in [3.63, 3.8) is 0 Å². The van der Waals surface area contributed by atoms with E-state index in [0.717, 1.165) is 16.1 Å². The molecule has 0 N–H and O–H groups in total. The summed E-state index contributed by atoms with van der Waals surface area (Å²) in [5.41, 5.74) is 0.847. The summed E-state index contributed by atoms with van der Waals surface area (Å²) in [5, 5.41) is 1.75. The van der Waals surface area contributed by atoms with Crippen molar-refractivity contribution in [1.29, 1.82) is 0 Å². The van der Waals surface area contributed by atoms with Crippen LogP contribution in [0.25, 0.3) is 0 Å². The van der Waals surface area contributed by atoms with E-state index in [0.29, 0.717) is 0 Å². The molecule has 3 rings (SSSR count). The van der Waals surface area contributed by atoms with Gasteiger partial charge in [-0.1, -0.05) is 60.7 Å². The van der Waals surface area contributed by atoms with E-state index < -0.39 is 7.14 Å². The molecule has 3 heteroatoms. The van der Waals surface area contributed by atoms with Gasteiger partial charge < -0.3 is 4.57 Å². The van der Waals surface area contributed by atoms with Crippen LogP contribution in [0.2, 0.25) is 0 Å². The molecule has 1 aliphatic heterocycles. The Hall–Kier alpha value is -1.66. The minimum atomic E-state index is -2.69. The molecular formula is C15H14NOP. The number of hydrogen-bond acceptors (Lipinski definition) is 2. The number of nitrogens with zero attached hydrogens (tertiary/aromatic N) is 1. The third-order valence-corrected chi connectivity index (χ3v) is 6.38. The van der Waals surface area contributed by atoms with E-state index in [1.54, 1.807) is 0 Å². The molecule has 1 heterocycles. The maximum absolute atomic E-state index is 13.5. The highest BCUT2D eigenvalue weighted by molar-refractivity contribution is 7.94. The summed E-state index contributed by atoms with van der Waals surface area (Å²) in [7, 11) is -2.69. The molecule has 1 atom stereocenters. The lowest BCUT2D eigenvalue weighted by atomic mass is 10.4. The third-order valence-electron chi connectivity index (χ3n) is 3.19.